The quantitative estimate of drug-likeness (QED) is 0.619. The maximum absolute atomic E-state index is 12.6. The van der Waals surface area contributed by atoms with Crippen LogP contribution in [-0.4, -0.2) is 54.5 Å². The molecule has 1 aliphatic heterocycles. The highest BCUT2D eigenvalue weighted by Crippen LogP contribution is 2.18. The minimum atomic E-state index is -0.252. The number of halogens is 1. The third-order valence-corrected chi connectivity index (χ3v) is 5.38. The first-order valence-electron chi connectivity index (χ1n) is 10.3. The summed E-state index contributed by atoms with van der Waals surface area (Å²) >= 11 is 5.90. The fraction of sp³-hybridized carbons (Fsp3) is 0.208. The van der Waals surface area contributed by atoms with Crippen molar-refractivity contribution in [1.82, 2.24) is 9.88 Å². The largest absolute Gasteiger partial charge is 0.484 e. The van der Waals surface area contributed by atoms with Gasteiger partial charge in [-0.15, -0.1) is 0 Å². The molecule has 0 atom stereocenters. The van der Waals surface area contributed by atoms with Gasteiger partial charge in [0.1, 0.15) is 11.6 Å². The van der Waals surface area contributed by atoms with Crippen molar-refractivity contribution >= 4 is 34.9 Å². The van der Waals surface area contributed by atoms with Crippen LogP contribution in [-0.2, 0) is 4.79 Å². The fourth-order valence-corrected chi connectivity index (χ4v) is 3.55. The number of nitrogens with one attached hydrogen (secondary N) is 1. The van der Waals surface area contributed by atoms with Gasteiger partial charge in [0.25, 0.3) is 11.8 Å². The van der Waals surface area contributed by atoms with E-state index in [1.54, 1.807) is 42.6 Å². The van der Waals surface area contributed by atoms with Crippen molar-refractivity contribution in [3.63, 3.8) is 0 Å². The molecular weight excluding hydrogens is 428 g/mol. The van der Waals surface area contributed by atoms with E-state index in [9.17, 15) is 9.59 Å². The predicted molar refractivity (Wildman–Crippen MR) is 124 cm³/mol. The summed E-state index contributed by atoms with van der Waals surface area (Å²) < 4.78 is 5.45. The third kappa shape index (κ3) is 5.56. The van der Waals surface area contributed by atoms with Gasteiger partial charge >= 0.3 is 0 Å². The topological polar surface area (TPSA) is 74.8 Å². The molecule has 2 amide bonds. The van der Waals surface area contributed by atoms with E-state index >= 15 is 0 Å². The van der Waals surface area contributed by atoms with Crippen LogP contribution in [0.3, 0.4) is 0 Å². The molecule has 0 unspecified atom stereocenters. The smallest absolute Gasteiger partial charge is 0.262 e. The van der Waals surface area contributed by atoms with Crippen LogP contribution in [0.1, 0.15) is 10.4 Å². The zero-order valence-electron chi connectivity index (χ0n) is 17.4. The molecule has 0 spiro atoms. The number of anilines is 2. The molecule has 1 aromatic heterocycles. The standard InChI is InChI=1S/C24H23ClN4O3/c25-19-8-6-18(7-9-19)24(31)29-14-12-28(13-15-29)22-11-10-20(16-26-22)27-23(30)17-32-21-4-2-1-3-5-21/h1-11,16H,12-15,17H2,(H,27,30). The molecule has 1 saturated heterocycles. The number of hydrogen-bond acceptors (Lipinski definition) is 5. The van der Waals surface area contributed by atoms with E-state index in [0.717, 1.165) is 5.82 Å². The van der Waals surface area contributed by atoms with Gasteiger partial charge in [-0.05, 0) is 48.5 Å². The third-order valence-electron chi connectivity index (χ3n) is 5.13. The van der Waals surface area contributed by atoms with Crippen LogP contribution in [0, 0.1) is 0 Å². The number of carbonyl (C=O) groups excluding carboxylic acids is 2. The van der Waals surface area contributed by atoms with Gasteiger partial charge in [-0.25, -0.2) is 4.98 Å². The van der Waals surface area contributed by atoms with Crippen LogP contribution in [0.5, 0.6) is 5.75 Å². The number of carbonyl (C=O) groups is 2. The van der Waals surface area contributed by atoms with Crippen molar-refractivity contribution in [2.24, 2.45) is 0 Å². The number of piperazine rings is 1. The summed E-state index contributed by atoms with van der Waals surface area (Å²) in [6.45, 7) is 2.51. The lowest BCUT2D eigenvalue weighted by molar-refractivity contribution is -0.118. The van der Waals surface area contributed by atoms with Crippen LogP contribution in [0.25, 0.3) is 0 Å². The van der Waals surface area contributed by atoms with Gasteiger partial charge in [-0.3, -0.25) is 9.59 Å². The summed E-state index contributed by atoms with van der Waals surface area (Å²) in [7, 11) is 0. The van der Waals surface area contributed by atoms with Gasteiger partial charge in [-0.1, -0.05) is 29.8 Å². The van der Waals surface area contributed by atoms with Crippen molar-refractivity contribution in [3.8, 4) is 5.75 Å². The van der Waals surface area contributed by atoms with Crippen molar-refractivity contribution in [2.45, 2.75) is 0 Å². The average Bonchev–Trinajstić information content (AvgIpc) is 2.84. The second-order valence-electron chi connectivity index (χ2n) is 7.34. The summed E-state index contributed by atoms with van der Waals surface area (Å²) in [5.41, 5.74) is 1.24. The van der Waals surface area contributed by atoms with Gasteiger partial charge in [0.15, 0.2) is 6.61 Å². The number of para-hydroxylation sites is 1. The number of pyridine rings is 1. The molecule has 7 nitrogen and oxygen atoms in total. The Morgan fingerprint density at radius 2 is 1.66 bits per heavy atom. The molecule has 4 rings (SSSR count). The first-order chi connectivity index (χ1) is 15.6. The number of amides is 2. The van der Waals surface area contributed by atoms with Crippen molar-refractivity contribution in [1.29, 1.82) is 0 Å². The lowest BCUT2D eigenvalue weighted by atomic mass is 10.2. The number of aromatic nitrogens is 1. The van der Waals surface area contributed by atoms with Crippen LogP contribution in [0.2, 0.25) is 5.02 Å². The fourth-order valence-electron chi connectivity index (χ4n) is 3.42. The number of ether oxygens (including phenoxy) is 1. The van der Waals surface area contributed by atoms with E-state index in [1.165, 1.54) is 0 Å². The van der Waals surface area contributed by atoms with E-state index in [2.05, 4.69) is 15.2 Å². The maximum Gasteiger partial charge on any atom is 0.262 e. The molecule has 0 radical (unpaired) electrons. The molecule has 3 aromatic rings. The Morgan fingerprint density at radius 3 is 2.31 bits per heavy atom. The molecule has 2 aromatic carbocycles. The highest BCUT2D eigenvalue weighted by Gasteiger charge is 2.22. The Kier molecular flexibility index (Phi) is 6.87. The van der Waals surface area contributed by atoms with Crippen LogP contribution >= 0.6 is 11.6 Å². The summed E-state index contributed by atoms with van der Waals surface area (Å²) in [5.74, 6) is 1.20. The molecule has 0 saturated carbocycles. The van der Waals surface area contributed by atoms with E-state index in [4.69, 9.17) is 16.3 Å². The van der Waals surface area contributed by atoms with E-state index in [-0.39, 0.29) is 18.4 Å². The van der Waals surface area contributed by atoms with Crippen molar-refractivity contribution in [3.05, 3.63) is 83.5 Å². The molecular formula is C24H23ClN4O3. The Labute approximate surface area is 191 Å². The van der Waals surface area contributed by atoms with E-state index < -0.39 is 0 Å². The van der Waals surface area contributed by atoms with Gasteiger partial charge in [-0.2, -0.15) is 0 Å². The molecule has 32 heavy (non-hydrogen) atoms. The minimum absolute atomic E-state index is 0.00468. The lowest BCUT2D eigenvalue weighted by Crippen LogP contribution is -2.49. The number of hydrogen-bond donors (Lipinski definition) is 1. The molecule has 2 heterocycles. The molecule has 1 N–H and O–H groups in total. The molecule has 0 aliphatic carbocycles. The predicted octanol–water partition coefficient (Wildman–Crippen LogP) is 3.71. The first kappa shape index (κ1) is 21.6. The normalized spacial score (nSPS) is 13.5. The minimum Gasteiger partial charge on any atom is -0.484 e. The van der Waals surface area contributed by atoms with Crippen LogP contribution in [0.15, 0.2) is 72.9 Å². The zero-order valence-corrected chi connectivity index (χ0v) is 18.2. The summed E-state index contributed by atoms with van der Waals surface area (Å²) in [6, 6.07) is 19.8. The molecule has 8 heteroatoms. The second-order valence-corrected chi connectivity index (χ2v) is 7.78. The van der Waals surface area contributed by atoms with Gasteiger partial charge in [0, 0.05) is 36.8 Å². The Hall–Kier alpha value is -3.58. The number of rotatable bonds is 6. The summed E-state index contributed by atoms with van der Waals surface area (Å²) in [5, 5.41) is 3.39. The number of benzene rings is 2. The highest BCUT2D eigenvalue weighted by molar-refractivity contribution is 6.30. The van der Waals surface area contributed by atoms with Gasteiger partial charge in [0.2, 0.25) is 0 Å². The molecule has 164 valence electrons. The highest BCUT2D eigenvalue weighted by atomic mass is 35.5. The molecule has 1 aliphatic rings. The van der Waals surface area contributed by atoms with Crippen molar-refractivity contribution < 1.29 is 14.3 Å². The monoisotopic (exact) mass is 450 g/mol. The Bertz CT molecular complexity index is 1050. The van der Waals surface area contributed by atoms with E-state index in [0.29, 0.717) is 48.2 Å². The molecule has 0 bridgehead atoms. The maximum atomic E-state index is 12.6. The van der Waals surface area contributed by atoms with E-state index in [1.807, 2.05) is 35.2 Å². The van der Waals surface area contributed by atoms with Crippen LogP contribution < -0.4 is 15.0 Å². The van der Waals surface area contributed by atoms with Crippen LogP contribution in [0.4, 0.5) is 11.5 Å². The molecule has 1 fully saturated rings. The number of nitrogens with zero attached hydrogens (tertiary/aromatic N) is 3. The van der Waals surface area contributed by atoms with Gasteiger partial charge < -0.3 is 19.9 Å². The average molecular weight is 451 g/mol. The van der Waals surface area contributed by atoms with Crippen molar-refractivity contribution in [2.75, 3.05) is 43.0 Å². The Morgan fingerprint density at radius 1 is 0.938 bits per heavy atom. The summed E-state index contributed by atoms with van der Waals surface area (Å²) in [4.78, 5) is 33.2. The lowest BCUT2D eigenvalue weighted by Gasteiger charge is -2.35. The summed E-state index contributed by atoms with van der Waals surface area (Å²) in [6.07, 6.45) is 1.63. The second kappa shape index (κ2) is 10.2. The SMILES string of the molecule is O=C(COc1ccccc1)Nc1ccc(N2CCN(C(=O)c3ccc(Cl)cc3)CC2)nc1. The Balaban J connectivity index is 1.26. The first-order valence-corrected chi connectivity index (χ1v) is 10.7. The van der Waals surface area contributed by atoms with Gasteiger partial charge in [0.05, 0.1) is 11.9 Å². The zero-order chi connectivity index (χ0) is 22.3.